The molecule has 0 bridgehead atoms. The number of carbonyl (C=O) groups is 2. The van der Waals surface area contributed by atoms with Crippen LogP contribution in [0.4, 0.5) is 0 Å². The van der Waals surface area contributed by atoms with Crippen LogP contribution in [0.15, 0.2) is 103 Å². The highest BCUT2D eigenvalue weighted by atomic mass is 16.7. The molecule has 1 aliphatic heterocycles. The van der Waals surface area contributed by atoms with Crippen LogP contribution in [0.1, 0.15) is 91.8 Å². The number of unbranched alkanes of at least 4 members (excludes halogenated alkanes) is 2. The number of hydrogen-bond donors (Lipinski definition) is 5. The summed E-state index contributed by atoms with van der Waals surface area (Å²) in [6.45, 7) is 2.98. The van der Waals surface area contributed by atoms with E-state index in [0.29, 0.717) is 38.8 Å². The Morgan fingerprint density at radius 1 is 0.827 bits per heavy atom. The zero-order chi connectivity index (χ0) is 36.9. The van der Waals surface area contributed by atoms with Crippen molar-refractivity contribution >= 4 is 11.8 Å². The number of likely N-dealkylation sites (N-methyl/N-ethyl adjacent to an activating group) is 1. The molecule has 0 saturated carbocycles. The van der Waals surface area contributed by atoms with Gasteiger partial charge in [0.25, 0.3) is 0 Å². The lowest BCUT2D eigenvalue weighted by Crippen LogP contribution is -2.43. The van der Waals surface area contributed by atoms with Gasteiger partial charge in [-0.3, -0.25) is 19.7 Å². The zero-order valence-electron chi connectivity index (χ0n) is 30.0. The number of aliphatic hydroxyl groups is 2. The van der Waals surface area contributed by atoms with E-state index in [-0.39, 0.29) is 37.2 Å². The number of hydrogen-bond acceptors (Lipinski definition) is 8. The Balaban J connectivity index is 1.25. The van der Waals surface area contributed by atoms with Crippen molar-refractivity contribution in [3.63, 3.8) is 0 Å². The third-order valence-electron chi connectivity index (χ3n) is 9.82. The number of ether oxygens (including phenoxy) is 2. The molecule has 1 fully saturated rings. The van der Waals surface area contributed by atoms with Crippen LogP contribution in [0.25, 0.3) is 11.1 Å². The van der Waals surface area contributed by atoms with Gasteiger partial charge in [0.15, 0.2) is 6.29 Å². The Labute approximate surface area is 306 Å². The average Bonchev–Trinajstić information content (AvgIpc) is 3.19. The highest BCUT2D eigenvalue weighted by molar-refractivity contribution is 5.76. The van der Waals surface area contributed by atoms with E-state index in [1.807, 2.05) is 117 Å². The molecule has 10 nitrogen and oxygen atoms in total. The molecule has 0 aromatic heterocycles. The van der Waals surface area contributed by atoms with Crippen molar-refractivity contribution in [3.8, 4) is 11.1 Å². The van der Waals surface area contributed by atoms with E-state index in [4.69, 9.17) is 14.7 Å². The molecule has 5 atom stereocenters. The molecular formula is C42H51N3O7. The van der Waals surface area contributed by atoms with Crippen LogP contribution in [-0.4, -0.2) is 57.9 Å². The van der Waals surface area contributed by atoms with E-state index in [1.54, 1.807) is 5.48 Å². The predicted molar refractivity (Wildman–Crippen MR) is 199 cm³/mol. The number of hydroxylamine groups is 1. The quantitative estimate of drug-likeness (QED) is 0.0475. The molecule has 52 heavy (non-hydrogen) atoms. The van der Waals surface area contributed by atoms with Crippen molar-refractivity contribution < 1.29 is 34.5 Å². The van der Waals surface area contributed by atoms with Gasteiger partial charge in [0.05, 0.1) is 24.9 Å². The largest absolute Gasteiger partial charge is 0.392 e. The third kappa shape index (κ3) is 10.8. The summed E-state index contributed by atoms with van der Waals surface area (Å²) in [6.07, 6.45) is 1.56. The zero-order valence-corrected chi connectivity index (χ0v) is 30.0. The first-order chi connectivity index (χ1) is 25.2. The maximum Gasteiger partial charge on any atom is 0.243 e. The fraction of sp³-hybridized carbons (Fsp3) is 0.381. The van der Waals surface area contributed by atoms with Crippen molar-refractivity contribution in [1.82, 2.24) is 15.7 Å². The van der Waals surface area contributed by atoms with Crippen LogP contribution in [0.5, 0.6) is 0 Å². The van der Waals surface area contributed by atoms with Gasteiger partial charge in [-0.05, 0) is 60.2 Å². The number of nitrogens with zero attached hydrogens (tertiary/aromatic N) is 1. The van der Waals surface area contributed by atoms with Gasteiger partial charge < -0.3 is 25.0 Å². The van der Waals surface area contributed by atoms with E-state index < -0.39 is 18.3 Å². The highest BCUT2D eigenvalue weighted by Crippen LogP contribution is 2.39. The number of benzene rings is 4. The first kappa shape index (κ1) is 38.8. The molecule has 5 rings (SSSR count). The number of carbonyl (C=O) groups excluding carboxylic acids is 2. The first-order valence-corrected chi connectivity index (χ1v) is 18.1. The van der Waals surface area contributed by atoms with Gasteiger partial charge in [0.2, 0.25) is 11.8 Å². The summed E-state index contributed by atoms with van der Waals surface area (Å²) in [6, 6.07) is 33.5. The molecule has 1 aliphatic rings. The molecule has 4 aromatic carbocycles. The molecule has 0 spiro atoms. The summed E-state index contributed by atoms with van der Waals surface area (Å²) in [5.41, 5.74) is 8.24. The second-order valence-electron chi connectivity index (χ2n) is 13.5. The van der Waals surface area contributed by atoms with Gasteiger partial charge in [-0.15, -0.1) is 0 Å². The van der Waals surface area contributed by atoms with Crippen LogP contribution in [0.2, 0.25) is 0 Å². The van der Waals surface area contributed by atoms with Crippen molar-refractivity contribution in [2.45, 2.75) is 89.2 Å². The van der Waals surface area contributed by atoms with Gasteiger partial charge in [0.1, 0.15) is 0 Å². The smallest absolute Gasteiger partial charge is 0.243 e. The fourth-order valence-electron chi connectivity index (χ4n) is 6.55. The standard InChI is InChI=1S/C42H51N3O7/c1-29(41(49)33-11-5-3-6-12-33)45(2)27-36-25-38(32-19-17-30(28-46)18-20-32)52-42(51-36)34-23-21-31(22-24-34)37-14-10-9-13-35(37)26-43-39(47)15-7-4-8-16-40(48)44-50/h3,5-6,9-14,17-24,29,36,38,41-42,46,49-50H,4,7-8,15-16,25-28H2,1-2H3,(H,43,47)(H,44,48)/t29-,36+,38-,41-,42-/m0/s1. The lowest BCUT2D eigenvalue weighted by atomic mass is 9.97. The number of rotatable bonds is 17. The molecule has 0 unspecified atom stereocenters. The molecule has 1 saturated heterocycles. The highest BCUT2D eigenvalue weighted by Gasteiger charge is 2.34. The SMILES string of the molecule is C[C@@H]([C@H](O)c1ccccc1)N(C)C[C@H]1C[C@@H](c2ccc(CO)cc2)O[C@@H](c2ccc(-c3ccccc3CNC(=O)CCCCCC(=O)NO)cc2)O1. The molecule has 4 aromatic rings. The Morgan fingerprint density at radius 3 is 2.17 bits per heavy atom. The topological polar surface area (TPSA) is 141 Å². The van der Waals surface area contributed by atoms with Gasteiger partial charge in [0, 0.05) is 44.0 Å². The lowest BCUT2D eigenvalue weighted by Gasteiger charge is -2.39. The van der Waals surface area contributed by atoms with Crippen molar-refractivity contribution in [2.75, 3.05) is 13.6 Å². The van der Waals surface area contributed by atoms with E-state index >= 15 is 0 Å². The summed E-state index contributed by atoms with van der Waals surface area (Å²) >= 11 is 0. The Morgan fingerprint density at radius 2 is 1.48 bits per heavy atom. The summed E-state index contributed by atoms with van der Waals surface area (Å²) in [5, 5.41) is 32.3. The van der Waals surface area contributed by atoms with Crippen LogP contribution in [-0.2, 0) is 32.2 Å². The van der Waals surface area contributed by atoms with E-state index in [0.717, 1.165) is 45.4 Å². The molecular weight excluding hydrogens is 658 g/mol. The van der Waals surface area contributed by atoms with Gasteiger partial charge in [-0.25, -0.2) is 5.48 Å². The normalized spacial score (nSPS) is 18.5. The first-order valence-electron chi connectivity index (χ1n) is 18.1. The van der Waals surface area contributed by atoms with Crippen molar-refractivity contribution in [3.05, 3.63) is 131 Å². The van der Waals surface area contributed by atoms with Gasteiger partial charge in [-0.1, -0.05) is 110 Å². The van der Waals surface area contributed by atoms with Crippen LogP contribution in [0, 0.1) is 0 Å². The number of aliphatic hydroxyl groups excluding tert-OH is 2. The van der Waals surface area contributed by atoms with Crippen molar-refractivity contribution in [2.24, 2.45) is 0 Å². The van der Waals surface area contributed by atoms with Crippen LogP contribution >= 0.6 is 0 Å². The minimum Gasteiger partial charge on any atom is -0.392 e. The maximum atomic E-state index is 12.5. The molecule has 276 valence electrons. The molecule has 1 heterocycles. The predicted octanol–water partition coefficient (Wildman–Crippen LogP) is 6.52. The second kappa shape index (κ2) is 19.4. The monoisotopic (exact) mass is 709 g/mol. The lowest BCUT2D eigenvalue weighted by molar-refractivity contribution is -0.253. The van der Waals surface area contributed by atoms with Gasteiger partial charge >= 0.3 is 0 Å². The van der Waals surface area contributed by atoms with Crippen LogP contribution < -0.4 is 10.8 Å². The van der Waals surface area contributed by atoms with E-state index in [2.05, 4.69) is 10.2 Å². The maximum absolute atomic E-state index is 12.5. The van der Waals surface area contributed by atoms with Gasteiger partial charge in [-0.2, -0.15) is 0 Å². The van der Waals surface area contributed by atoms with E-state index in [1.165, 1.54) is 0 Å². The average molecular weight is 710 g/mol. The second-order valence-corrected chi connectivity index (χ2v) is 13.5. The van der Waals surface area contributed by atoms with Crippen LogP contribution in [0.3, 0.4) is 0 Å². The molecule has 10 heteroatoms. The number of amides is 2. The minimum absolute atomic E-state index is 0.0243. The third-order valence-corrected chi connectivity index (χ3v) is 9.82. The Hall–Kier alpha value is -4.42. The molecule has 5 N–H and O–H groups in total. The minimum atomic E-state index is -0.647. The number of nitrogens with one attached hydrogen (secondary N) is 2. The molecule has 0 radical (unpaired) electrons. The summed E-state index contributed by atoms with van der Waals surface area (Å²) < 4.78 is 13.2. The summed E-state index contributed by atoms with van der Waals surface area (Å²) in [7, 11) is 2.01. The molecule has 2 amide bonds. The molecule has 0 aliphatic carbocycles. The van der Waals surface area contributed by atoms with E-state index in [9.17, 15) is 19.8 Å². The Bertz CT molecular complexity index is 1700. The fourth-order valence-corrected chi connectivity index (χ4v) is 6.55. The van der Waals surface area contributed by atoms with Crippen molar-refractivity contribution in [1.29, 1.82) is 0 Å². The summed E-state index contributed by atoms with van der Waals surface area (Å²) in [5.74, 6) is -0.464. The Kier molecular flexibility index (Phi) is 14.5. The summed E-state index contributed by atoms with van der Waals surface area (Å²) in [4.78, 5) is 25.8.